The molecule has 0 unspecified atom stereocenters. The molecule has 1 amide bonds. The van der Waals surface area contributed by atoms with Crippen LogP contribution < -0.4 is 15.8 Å². The van der Waals surface area contributed by atoms with E-state index in [0.717, 1.165) is 25.7 Å². The van der Waals surface area contributed by atoms with Gasteiger partial charge < -0.3 is 20.9 Å². The number of carbonyl (C=O) groups is 1. The lowest BCUT2D eigenvalue weighted by atomic mass is 9.70. The zero-order valence-corrected chi connectivity index (χ0v) is 12.7. The maximum atomic E-state index is 12.6. The van der Waals surface area contributed by atoms with Crippen molar-refractivity contribution in [2.45, 2.75) is 32.6 Å². The molecule has 21 heavy (non-hydrogen) atoms. The first kappa shape index (κ1) is 15.6. The highest BCUT2D eigenvalue weighted by molar-refractivity contribution is 5.97. The smallest absolute Gasteiger partial charge is 0.231 e. The topological polar surface area (TPSA) is 84.6 Å². The van der Waals surface area contributed by atoms with Crippen LogP contribution >= 0.6 is 0 Å². The van der Waals surface area contributed by atoms with Crippen LogP contribution in [0.1, 0.15) is 32.6 Å². The molecule has 0 aliphatic heterocycles. The number of nitrogens with two attached hydrogens (primary N) is 1. The van der Waals surface area contributed by atoms with Gasteiger partial charge in [0.05, 0.1) is 18.2 Å². The van der Waals surface area contributed by atoms with E-state index in [1.807, 2.05) is 0 Å². The number of hydrogen-bond donors (Lipinski definition) is 3. The maximum absolute atomic E-state index is 12.6. The van der Waals surface area contributed by atoms with Gasteiger partial charge in [0.25, 0.3) is 0 Å². The molecule has 1 aliphatic carbocycles. The molecule has 5 nitrogen and oxygen atoms in total. The van der Waals surface area contributed by atoms with Crippen molar-refractivity contribution < 1.29 is 14.6 Å². The first-order valence-corrected chi connectivity index (χ1v) is 7.39. The Hall–Kier alpha value is -1.75. The molecule has 0 spiro atoms. The van der Waals surface area contributed by atoms with Crippen LogP contribution in [-0.4, -0.2) is 24.7 Å². The molecule has 0 atom stereocenters. The van der Waals surface area contributed by atoms with Gasteiger partial charge in [-0.25, -0.2) is 0 Å². The van der Waals surface area contributed by atoms with Crippen LogP contribution in [0.25, 0.3) is 0 Å². The van der Waals surface area contributed by atoms with Crippen molar-refractivity contribution in [3.05, 3.63) is 18.2 Å². The minimum atomic E-state index is -0.526. The van der Waals surface area contributed by atoms with E-state index in [2.05, 4.69) is 12.2 Å². The summed E-state index contributed by atoms with van der Waals surface area (Å²) >= 11 is 0. The third kappa shape index (κ3) is 3.29. The highest BCUT2D eigenvalue weighted by atomic mass is 16.5. The molecule has 1 fully saturated rings. The Kier molecular flexibility index (Phi) is 4.73. The Balaban J connectivity index is 2.16. The number of amides is 1. The number of phenols is 1. The molecule has 116 valence electrons. The first-order valence-electron chi connectivity index (χ1n) is 7.39. The molecular weight excluding hydrogens is 268 g/mol. The van der Waals surface area contributed by atoms with E-state index in [1.54, 1.807) is 19.2 Å². The van der Waals surface area contributed by atoms with Gasteiger partial charge in [0.1, 0.15) is 11.5 Å². The number of hydrogen-bond acceptors (Lipinski definition) is 4. The third-order valence-corrected chi connectivity index (χ3v) is 4.56. The van der Waals surface area contributed by atoms with Crippen molar-refractivity contribution in [1.82, 2.24) is 0 Å². The van der Waals surface area contributed by atoms with Crippen molar-refractivity contribution in [2.24, 2.45) is 17.1 Å². The average Bonchev–Trinajstić information content (AvgIpc) is 2.50. The van der Waals surface area contributed by atoms with Gasteiger partial charge in [0, 0.05) is 12.6 Å². The van der Waals surface area contributed by atoms with Gasteiger partial charge in [-0.3, -0.25) is 4.79 Å². The summed E-state index contributed by atoms with van der Waals surface area (Å²) in [6.45, 7) is 2.53. The summed E-state index contributed by atoms with van der Waals surface area (Å²) < 4.78 is 5.12. The molecule has 0 heterocycles. The minimum Gasteiger partial charge on any atom is -0.506 e. The number of nitrogens with one attached hydrogen (secondary N) is 1. The van der Waals surface area contributed by atoms with Gasteiger partial charge in [-0.15, -0.1) is 0 Å². The first-order chi connectivity index (χ1) is 10.0. The Morgan fingerprint density at radius 2 is 2.14 bits per heavy atom. The van der Waals surface area contributed by atoms with Crippen LogP contribution in [0.5, 0.6) is 11.5 Å². The van der Waals surface area contributed by atoms with Crippen molar-refractivity contribution >= 4 is 11.6 Å². The number of methoxy groups -OCH3 is 1. The van der Waals surface area contributed by atoms with Gasteiger partial charge >= 0.3 is 0 Å². The fourth-order valence-corrected chi connectivity index (χ4v) is 2.84. The zero-order valence-electron chi connectivity index (χ0n) is 12.7. The second kappa shape index (κ2) is 6.35. The fraction of sp³-hybridized carbons (Fsp3) is 0.562. The van der Waals surface area contributed by atoms with Crippen LogP contribution in [0, 0.1) is 11.3 Å². The lowest BCUT2D eigenvalue weighted by molar-refractivity contribution is -0.127. The molecule has 1 aliphatic rings. The second-order valence-electron chi connectivity index (χ2n) is 6.00. The molecule has 1 aromatic rings. The monoisotopic (exact) mass is 292 g/mol. The summed E-state index contributed by atoms with van der Waals surface area (Å²) in [5.41, 5.74) is 5.73. The van der Waals surface area contributed by atoms with Crippen LogP contribution in [0.3, 0.4) is 0 Å². The molecule has 2 rings (SSSR count). The molecule has 4 N–H and O–H groups in total. The number of aromatic hydroxyl groups is 1. The van der Waals surface area contributed by atoms with Crippen molar-refractivity contribution in [3.8, 4) is 11.5 Å². The maximum Gasteiger partial charge on any atom is 0.231 e. The molecular formula is C16H24N2O3. The predicted molar refractivity (Wildman–Crippen MR) is 82.4 cm³/mol. The van der Waals surface area contributed by atoms with E-state index in [9.17, 15) is 9.90 Å². The molecule has 0 radical (unpaired) electrons. The number of benzene rings is 1. The molecule has 1 aromatic carbocycles. The third-order valence-electron chi connectivity index (χ3n) is 4.56. The molecule has 0 bridgehead atoms. The van der Waals surface area contributed by atoms with Crippen molar-refractivity contribution in [3.63, 3.8) is 0 Å². The van der Waals surface area contributed by atoms with E-state index in [4.69, 9.17) is 10.5 Å². The summed E-state index contributed by atoms with van der Waals surface area (Å²) in [7, 11) is 1.54. The van der Waals surface area contributed by atoms with E-state index in [-0.39, 0.29) is 11.7 Å². The van der Waals surface area contributed by atoms with E-state index < -0.39 is 5.41 Å². The Morgan fingerprint density at radius 1 is 1.48 bits per heavy atom. The molecule has 0 saturated heterocycles. The quantitative estimate of drug-likeness (QED) is 0.744. The summed E-state index contributed by atoms with van der Waals surface area (Å²) in [4.78, 5) is 12.6. The number of phenolic OH excluding ortho intramolecular Hbond substituents is 1. The van der Waals surface area contributed by atoms with Gasteiger partial charge in [-0.1, -0.05) is 6.92 Å². The lowest BCUT2D eigenvalue weighted by Gasteiger charge is -2.37. The minimum absolute atomic E-state index is 0.0282. The largest absolute Gasteiger partial charge is 0.506 e. The summed E-state index contributed by atoms with van der Waals surface area (Å²) in [5, 5.41) is 12.7. The SMILES string of the molecule is COc1ccc(O)c(NC(=O)C2(CN)CCC(C)CC2)c1. The normalized spacial score (nSPS) is 25.4. The highest BCUT2D eigenvalue weighted by Gasteiger charge is 2.40. The van der Waals surface area contributed by atoms with Crippen LogP contribution in [0.15, 0.2) is 18.2 Å². The average molecular weight is 292 g/mol. The van der Waals surface area contributed by atoms with E-state index in [0.29, 0.717) is 23.9 Å². The molecule has 5 heteroatoms. The van der Waals surface area contributed by atoms with Crippen LogP contribution in [0.4, 0.5) is 5.69 Å². The predicted octanol–water partition coefficient (Wildman–Crippen LogP) is 2.49. The summed E-state index contributed by atoms with van der Waals surface area (Å²) in [5.74, 6) is 1.14. The number of carbonyl (C=O) groups excluding carboxylic acids is 1. The van der Waals surface area contributed by atoms with Crippen LogP contribution in [-0.2, 0) is 4.79 Å². The second-order valence-corrected chi connectivity index (χ2v) is 6.00. The molecule has 0 aromatic heterocycles. The van der Waals surface area contributed by atoms with Gasteiger partial charge in [-0.2, -0.15) is 0 Å². The van der Waals surface area contributed by atoms with E-state index in [1.165, 1.54) is 6.07 Å². The van der Waals surface area contributed by atoms with Gasteiger partial charge in [0.2, 0.25) is 5.91 Å². The number of ether oxygens (including phenoxy) is 1. The highest BCUT2D eigenvalue weighted by Crippen LogP contribution is 2.40. The number of anilines is 1. The summed E-state index contributed by atoms with van der Waals surface area (Å²) in [6, 6.07) is 4.77. The van der Waals surface area contributed by atoms with E-state index >= 15 is 0 Å². The van der Waals surface area contributed by atoms with Gasteiger partial charge in [0.15, 0.2) is 0 Å². The lowest BCUT2D eigenvalue weighted by Crippen LogP contribution is -2.44. The van der Waals surface area contributed by atoms with Crippen molar-refractivity contribution in [2.75, 3.05) is 19.0 Å². The Bertz CT molecular complexity index is 508. The standard InChI is InChI=1S/C16H24N2O3/c1-11-5-7-16(10-17,8-6-11)15(20)18-13-9-12(21-2)3-4-14(13)19/h3-4,9,11,19H,5-8,10,17H2,1-2H3,(H,18,20). The number of rotatable bonds is 4. The van der Waals surface area contributed by atoms with Crippen molar-refractivity contribution in [1.29, 1.82) is 0 Å². The molecule has 1 saturated carbocycles. The Morgan fingerprint density at radius 3 is 2.71 bits per heavy atom. The van der Waals surface area contributed by atoms with Gasteiger partial charge in [-0.05, 0) is 43.7 Å². The Labute approximate surface area is 125 Å². The zero-order chi connectivity index (χ0) is 15.5. The summed E-state index contributed by atoms with van der Waals surface area (Å²) in [6.07, 6.45) is 3.60. The fourth-order valence-electron chi connectivity index (χ4n) is 2.84. The van der Waals surface area contributed by atoms with Crippen LogP contribution in [0.2, 0.25) is 0 Å².